The summed E-state index contributed by atoms with van der Waals surface area (Å²) in [5.41, 5.74) is 3.44. The van der Waals surface area contributed by atoms with Gasteiger partial charge in [0.2, 0.25) is 5.91 Å². The summed E-state index contributed by atoms with van der Waals surface area (Å²) >= 11 is 3.40. The fourth-order valence-electron chi connectivity index (χ4n) is 3.20. The van der Waals surface area contributed by atoms with Crippen molar-refractivity contribution in [3.8, 4) is 11.3 Å². The smallest absolute Gasteiger partial charge is 0.267 e. The highest BCUT2D eigenvalue weighted by Gasteiger charge is 2.09. The molecule has 0 unspecified atom stereocenters. The molecule has 6 nitrogen and oxygen atoms in total. The number of para-hydroxylation sites is 1. The van der Waals surface area contributed by atoms with E-state index in [1.807, 2.05) is 48.7 Å². The fraction of sp³-hybridized carbons (Fsp3) is 0.136. The second-order valence-electron chi connectivity index (χ2n) is 6.68. The highest BCUT2D eigenvalue weighted by atomic mass is 79.9. The molecule has 146 valence electrons. The summed E-state index contributed by atoms with van der Waals surface area (Å²) in [6.07, 6.45) is 2.67. The summed E-state index contributed by atoms with van der Waals surface area (Å²) in [7, 11) is 0. The van der Waals surface area contributed by atoms with Gasteiger partial charge in [0.05, 0.1) is 5.69 Å². The largest absolute Gasteiger partial charge is 0.361 e. The summed E-state index contributed by atoms with van der Waals surface area (Å²) in [6, 6.07) is 18.8. The Balaban J connectivity index is 1.39. The Bertz CT molecular complexity index is 1210. The molecular formula is C22H19BrN4O2. The number of H-pyrrole nitrogens is 1. The van der Waals surface area contributed by atoms with Crippen LogP contribution in [0.1, 0.15) is 5.56 Å². The van der Waals surface area contributed by atoms with E-state index < -0.39 is 0 Å². The van der Waals surface area contributed by atoms with Gasteiger partial charge >= 0.3 is 0 Å². The first-order valence-electron chi connectivity index (χ1n) is 9.26. The summed E-state index contributed by atoms with van der Waals surface area (Å²) in [6.45, 7) is 0.374. The molecule has 2 aromatic heterocycles. The predicted octanol–water partition coefficient (Wildman–Crippen LogP) is 3.51. The minimum atomic E-state index is -0.308. The van der Waals surface area contributed by atoms with Crippen LogP contribution >= 0.6 is 15.9 Å². The normalized spacial score (nSPS) is 10.9. The molecule has 4 rings (SSSR count). The molecule has 2 aromatic carbocycles. The minimum Gasteiger partial charge on any atom is -0.361 e. The molecule has 0 bridgehead atoms. The highest BCUT2D eigenvalue weighted by molar-refractivity contribution is 9.10. The van der Waals surface area contributed by atoms with Crippen molar-refractivity contribution in [2.24, 2.45) is 0 Å². The van der Waals surface area contributed by atoms with E-state index in [-0.39, 0.29) is 18.0 Å². The quantitative estimate of drug-likeness (QED) is 0.471. The lowest BCUT2D eigenvalue weighted by molar-refractivity contribution is -0.121. The van der Waals surface area contributed by atoms with Gasteiger partial charge in [0.1, 0.15) is 6.54 Å². The number of fused-ring (bicyclic) bond motifs is 1. The third kappa shape index (κ3) is 4.46. The molecule has 29 heavy (non-hydrogen) atoms. The van der Waals surface area contributed by atoms with E-state index in [0.29, 0.717) is 18.7 Å². The van der Waals surface area contributed by atoms with Gasteiger partial charge in [-0.2, -0.15) is 5.10 Å². The van der Waals surface area contributed by atoms with Crippen molar-refractivity contribution in [1.82, 2.24) is 20.1 Å². The first-order valence-corrected chi connectivity index (χ1v) is 10.1. The van der Waals surface area contributed by atoms with Crippen molar-refractivity contribution in [3.05, 3.63) is 87.3 Å². The first kappa shape index (κ1) is 19.1. The molecule has 0 aliphatic rings. The van der Waals surface area contributed by atoms with E-state index in [1.54, 1.807) is 6.07 Å². The van der Waals surface area contributed by atoms with Gasteiger partial charge in [0.25, 0.3) is 5.56 Å². The SMILES string of the molecule is O=C(Cn1nc(-c2ccc(Br)cc2)ccc1=O)NCCc1c[nH]c2ccccc12. The lowest BCUT2D eigenvalue weighted by atomic mass is 10.1. The van der Waals surface area contributed by atoms with E-state index in [2.05, 4.69) is 37.4 Å². The molecule has 0 radical (unpaired) electrons. The number of hydrogen-bond acceptors (Lipinski definition) is 3. The van der Waals surface area contributed by atoms with E-state index >= 15 is 0 Å². The number of halogens is 1. The lowest BCUT2D eigenvalue weighted by Gasteiger charge is -2.08. The zero-order chi connectivity index (χ0) is 20.2. The first-order chi connectivity index (χ1) is 14.1. The van der Waals surface area contributed by atoms with Crippen molar-refractivity contribution < 1.29 is 4.79 Å². The van der Waals surface area contributed by atoms with E-state index in [0.717, 1.165) is 26.5 Å². The molecule has 2 N–H and O–H groups in total. The second kappa shape index (κ2) is 8.45. The maximum absolute atomic E-state index is 12.3. The number of carbonyl (C=O) groups excluding carboxylic acids is 1. The topological polar surface area (TPSA) is 79.8 Å². The van der Waals surface area contributed by atoms with Gasteiger partial charge in [-0.25, -0.2) is 4.68 Å². The molecule has 0 spiro atoms. The summed E-state index contributed by atoms with van der Waals surface area (Å²) in [5.74, 6) is -0.243. The number of benzene rings is 2. The monoisotopic (exact) mass is 450 g/mol. The predicted molar refractivity (Wildman–Crippen MR) is 117 cm³/mol. The number of carbonyl (C=O) groups is 1. The van der Waals surface area contributed by atoms with Gasteiger partial charge in [-0.05, 0) is 36.2 Å². The van der Waals surface area contributed by atoms with Gasteiger partial charge < -0.3 is 10.3 Å². The van der Waals surface area contributed by atoms with Crippen LogP contribution in [0.3, 0.4) is 0 Å². The van der Waals surface area contributed by atoms with Crippen LogP contribution in [-0.4, -0.2) is 27.2 Å². The highest BCUT2D eigenvalue weighted by Crippen LogP contribution is 2.19. The van der Waals surface area contributed by atoms with Gasteiger partial charge in [0.15, 0.2) is 0 Å². The standard InChI is InChI=1S/C22H19BrN4O2/c23-17-7-5-15(6-8-17)19-9-10-22(29)27(26-19)14-21(28)24-12-11-16-13-25-20-4-2-1-3-18(16)20/h1-10,13,25H,11-12,14H2,(H,24,28). The van der Waals surface area contributed by atoms with Gasteiger partial charge in [-0.3, -0.25) is 9.59 Å². The van der Waals surface area contributed by atoms with Crippen LogP contribution in [0.4, 0.5) is 0 Å². The number of nitrogens with zero attached hydrogens (tertiary/aromatic N) is 2. The van der Waals surface area contributed by atoms with Crippen LogP contribution in [0.25, 0.3) is 22.2 Å². The zero-order valence-electron chi connectivity index (χ0n) is 15.6. The molecule has 0 atom stereocenters. The van der Waals surface area contributed by atoms with Crippen molar-refractivity contribution in [2.45, 2.75) is 13.0 Å². The Hall–Kier alpha value is -3.19. The molecule has 2 heterocycles. The Morgan fingerprint density at radius 2 is 1.86 bits per heavy atom. The van der Waals surface area contributed by atoms with Crippen LogP contribution in [0, 0.1) is 0 Å². The molecular weight excluding hydrogens is 432 g/mol. The van der Waals surface area contributed by atoms with Crippen LogP contribution in [0.2, 0.25) is 0 Å². The number of hydrogen-bond donors (Lipinski definition) is 2. The molecule has 7 heteroatoms. The Kier molecular flexibility index (Phi) is 5.57. The number of rotatable bonds is 6. The molecule has 0 saturated heterocycles. The van der Waals surface area contributed by atoms with Crippen LogP contribution in [0.5, 0.6) is 0 Å². The lowest BCUT2D eigenvalue weighted by Crippen LogP contribution is -2.34. The molecule has 0 aliphatic heterocycles. The van der Waals surface area contributed by atoms with E-state index in [1.165, 1.54) is 10.7 Å². The maximum Gasteiger partial charge on any atom is 0.267 e. The van der Waals surface area contributed by atoms with Crippen molar-refractivity contribution in [3.63, 3.8) is 0 Å². The zero-order valence-corrected chi connectivity index (χ0v) is 17.1. The van der Waals surface area contributed by atoms with Gasteiger partial charge in [-0.15, -0.1) is 0 Å². The minimum absolute atomic E-state index is 0.114. The number of nitrogens with one attached hydrogen (secondary N) is 2. The second-order valence-corrected chi connectivity index (χ2v) is 7.60. The Morgan fingerprint density at radius 1 is 1.07 bits per heavy atom. The third-order valence-corrected chi connectivity index (χ3v) is 5.22. The Morgan fingerprint density at radius 3 is 2.69 bits per heavy atom. The van der Waals surface area contributed by atoms with E-state index in [9.17, 15) is 9.59 Å². The van der Waals surface area contributed by atoms with Crippen molar-refractivity contribution in [2.75, 3.05) is 6.54 Å². The maximum atomic E-state index is 12.3. The average molecular weight is 451 g/mol. The Labute approximate surface area is 175 Å². The molecule has 0 aliphatic carbocycles. The molecule has 0 fully saturated rings. The van der Waals surface area contributed by atoms with Gasteiger partial charge in [0, 0.05) is 39.7 Å². The summed E-state index contributed by atoms with van der Waals surface area (Å²) < 4.78 is 2.16. The fourth-order valence-corrected chi connectivity index (χ4v) is 3.47. The van der Waals surface area contributed by atoms with Crippen LogP contribution in [0.15, 0.2) is 76.1 Å². The number of aromatic amines is 1. The molecule has 0 saturated carbocycles. The molecule has 1 amide bonds. The van der Waals surface area contributed by atoms with Crippen LogP contribution < -0.4 is 10.9 Å². The number of aromatic nitrogens is 3. The van der Waals surface area contributed by atoms with Crippen molar-refractivity contribution >= 4 is 32.7 Å². The summed E-state index contributed by atoms with van der Waals surface area (Å²) in [5, 5.41) is 8.36. The molecule has 4 aromatic rings. The number of amides is 1. The average Bonchev–Trinajstić information content (AvgIpc) is 3.14. The van der Waals surface area contributed by atoms with Crippen LogP contribution in [-0.2, 0) is 17.8 Å². The van der Waals surface area contributed by atoms with E-state index in [4.69, 9.17) is 0 Å². The van der Waals surface area contributed by atoms with Gasteiger partial charge in [-0.1, -0.05) is 46.3 Å². The van der Waals surface area contributed by atoms with Crippen molar-refractivity contribution in [1.29, 1.82) is 0 Å². The summed E-state index contributed by atoms with van der Waals surface area (Å²) in [4.78, 5) is 27.7. The third-order valence-electron chi connectivity index (χ3n) is 4.69.